The molecule has 4 atom stereocenters. The Morgan fingerprint density at radius 2 is 1.96 bits per heavy atom. The molecule has 2 aromatic rings. The van der Waals surface area contributed by atoms with Crippen molar-refractivity contribution in [2.24, 2.45) is 5.73 Å². The SMILES string of the molecule is COC1[C@H](O)[C@H](OC(N)=O)[C@H](Oc2ccc3ccc(=O)oc3c2)OC1(C)C. The van der Waals surface area contributed by atoms with Crippen LogP contribution < -0.4 is 16.1 Å². The number of hydrogen-bond acceptors (Lipinski definition) is 8. The second-order valence-electron chi connectivity index (χ2n) is 6.71. The Balaban J connectivity index is 1.92. The zero-order chi connectivity index (χ0) is 19.8. The number of aliphatic hydroxyl groups is 1. The molecule has 3 rings (SSSR count). The van der Waals surface area contributed by atoms with Crippen LogP contribution in [0.3, 0.4) is 0 Å². The summed E-state index contributed by atoms with van der Waals surface area (Å²) in [7, 11) is 1.41. The van der Waals surface area contributed by atoms with Gasteiger partial charge >= 0.3 is 11.7 Å². The van der Waals surface area contributed by atoms with E-state index in [4.69, 9.17) is 29.1 Å². The molecule has 1 unspecified atom stereocenters. The molecule has 1 aromatic heterocycles. The van der Waals surface area contributed by atoms with Gasteiger partial charge in [-0.15, -0.1) is 0 Å². The van der Waals surface area contributed by atoms with Crippen LogP contribution in [0.1, 0.15) is 13.8 Å². The van der Waals surface area contributed by atoms with E-state index in [1.807, 2.05) is 0 Å². The molecular weight excluding hydrogens is 358 g/mol. The lowest BCUT2D eigenvalue weighted by Gasteiger charge is -2.47. The topological polar surface area (TPSA) is 130 Å². The Morgan fingerprint density at radius 1 is 1.26 bits per heavy atom. The Labute approximate surface area is 154 Å². The monoisotopic (exact) mass is 379 g/mol. The number of rotatable bonds is 4. The molecule has 9 nitrogen and oxygen atoms in total. The highest BCUT2D eigenvalue weighted by molar-refractivity contribution is 5.77. The second-order valence-corrected chi connectivity index (χ2v) is 6.71. The minimum Gasteiger partial charge on any atom is -0.461 e. The summed E-state index contributed by atoms with van der Waals surface area (Å²) in [4.78, 5) is 22.7. The average Bonchev–Trinajstić information content (AvgIpc) is 2.57. The van der Waals surface area contributed by atoms with E-state index in [9.17, 15) is 14.7 Å². The van der Waals surface area contributed by atoms with E-state index in [2.05, 4.69) is 0 Å². The summed E-state index contributed by atoms with van der Waals surface area (Å²) in [6, 6.07) is 7.77. The number of carbonyl (C=O) groups excluding carboxylic acids is 1. The van der Waals surface area contributed by atoms with Crippen molar-refractivity contribution in [3.8, 4) is 5.75 Å². The van der Waals surface area contributed by atoms with Gasteiger partial charge in [0.2, 0.25) is 6.29 Å². The highest BCUT2D eigenvalue weighted by Crippen LogP contribution is 2.34. The Kier molecular flexibility index (Phi) is 5.09. The van der Waals surface area contributed by atoms with Gasteiger partial charge in [-0.2, -0.15) is 0 Å². The van der Waals surface area contributed by atoms with Gasteiger partial charge in [-0.25, -0.2) is 9.59 Å². The number of carbonyl (C=O) groups is 1. The molecule has 1 amide bonds. The van der Waals surface area contributed by atoms with Crippen LogP contribution in [0.25, 0.3) is 11.0 Å². The van der Waals surface area contributed by atoms with Crippen LogP contribution in [0.15, 0.2) is 39.5 Å². The lowest BCUT2D eigenvalue weighted by molar-refractivity contribution is -0.304. The average molecular weight is 379 g/mol. The molecule has 1 saturated heterocycles. The van der Waals surface area contributed by atoms with E-state index >= 15 is 0 Å². The number of primary amides is 1. The highest BCUT2D eigenvalue weighted by atomic mass is 16.7. The van der Waals surface area contributed by atoms with Gasteiger partial charge in [0.25, 0.3) is 0 Å². The van der Waals surface area contributed by atoms with Crippen molar-refractivity contribution in [2.75, 3.05) is 7.11 Å². The number of benzene rings is 1. The molecule has 0 aliphatic carbocycles. The Morgan fingerprint density at radius 3 is 2.63 bits per heavy atom. The van der Waals surface area contributed by atoms with E-state index in [-0.39, 0.29) is 0 Å². The molecule has 0 bridgehead atoms. The summed E-state index contributed by atoms with van der Waals surface area (Å²) in [5, 5.41) is 11.3. The molecule has 146 valence electrons. The summed E-state index contributed by atoms with van der Waals surface area (Å²) in [6.45, 7) is 3.42. The van der Waals surface area contributed by atoms with Gasteiger partial charge in [0, 0.05) is 24.6 Å². The normalized spacial score (nSPS) is 27.3. The molecule has 1 fully saturated rings. The quantitative estimate of drug-likeness (QED) is 0.757. The van der Waals surface area contributed by atoms with Crippen molar-refractivity contribution in [1.82, 2.24) is 0 Å². The van der Waals surface area contributed by atoms with Crippen molar-refractivity contribution in [3.05, 3.63) is 40.8 Å². The molecule has 1 aliphatic rings. The standard InChI is InChI=1S/C18H21NO8/c1-18(2)15(23-3)13(21)14(26-17(19)22)16(27-18)24-10-6-4-9-5-7-12(20)25-11(9)8-10/h4-8,13-16,21H,1-3H3,(H2,19,22)/t13-,14+,15?,16-/m1/s1. The Bertz CT molecular complexity index is 892. The molecule has 1 aliphatic heterocycles. The third-order valence-electron chi connectivity index (χ3n) is 4.37. The summed E-state index contributed by atoms with van der Waals surface area (Å²) in [5.41, 5.74) is 3.99. The summed E-state index contributed by atoms with van der Waals surface area (Å²) >= 11 is 0. The summed E-state index contributed by atoms with van der Waals surface area (Å²) in [5.74, 6) is 0.291. The first-order chi connectivity index (χ1) is 12.7. The minimum atomic E-state index is -1.24. The van der Waals surface area contributed by atoms with Gasteiger partial charge in [-0.05, 0) is 32.0 Å². The van der Waals surface area contributed by atoms with Gasteiger partial charge in [0.15, 0.2) is 6.10 Å². The molecule has 1 aromatic carbocycles. The molecule has 0 radical (unpaired) electrons. The van der Waals surface area contributed by atoms with E-state index < -0.39 is 41.9 Å². The van der Waals surface area contributed by atoms with Crippen molar-refractivity contribution < 1.29 is 33.3 Å². The fourth-order valence-corrected chi connectivity index (χ4v) is 3.20. The maximum absolute atomic E-state index is 11.4. The van der Waals surface area contributed by atoms with Gasteiger partial charge in [-0.3, -0.25) is 0 Å². The fourth-order valence-electron chi connectivity index (χ4n) is 3.20. The van der Waals surface area contributed by atoms with Crippen LogP contribution in [0.2, 0.25) is 0 Å². The fraction of sp³-hybridized carbons (Fsp3) is 0.444. The molecule has 27 heavy (non-hydrogen) atoms. The number of fused-ring (bicyclic) bond motifs is 1. The third-order valence-corrected chi connectivity index (χ3v) is 4.37. The van der Waals surface area contributed by atoms with Crippen LogP contribution in [0, 0.1) is 0 Å². The van der Waals surface area contributed by atoms with Crippen molar-refractivity contribution in [1.29, 1.82) is 0 Å². The van der Waals surface area contributed by atoms with Gasteiger partial charge in [-0.1, -0.05) is 0 Å². The number of ether oxygens (including phenoxy) is 4. The molecule has 0 spiro atoms. The van der Waals surface area contributed by atoms with Gasteiger partial charge in [0.05, 0.1) is 5.60 Å². The number of aliphatic hydroxyl groups excluding tert-OH is 1. The van der Waals surface area contributed by atoms with Crippen molar-refractivity contribution >= 4 is 17.1 Å². The van der Waals surface area contributed by atoms with Gasteiger partial charge in [0.1, 0.15) is 23.5 Å². The van der Waals surface area contributed by atoms with E-state index in [0.717, 1.165) is 0 Å². The molecule has 9 heteroatoms. The number of methoxy groups -OCH3 is 1. The van der Waals surface area contributed by atoms with Crippen LogP contribution in [0.5, 0.6) is 5.75 Å². The summed E-state index contributed by atoms with van der Waals surface area (Å²) in [6.07, 6.45) is -5.50. The highest BCUT2D eigenvalue weighted by Gasteiger charge is 2.52. The lowest BCUT2D eigenvalue weighted by atomic mass is 9.89. The molecule has 3 N–H and O–H groups in total. The Hall–Kier alpha value is -2.62. The largest absolute Gasteiger partial charge is 0.461 e. The second kappa shape index (κ2) is 7.18. The zero-order valence-electron chi connectivity index (χ0n) is 15.1. The van der Waals surface area contributed by atoms with E-state index in [1.54, 1.807) is 32.0 Å². The van der Waals surface area contributed by atoms with Crippen LogP contribution >= 0.6 is 0 Å². The van der Waals surface area contributed by atoms with Gasteiger partial charge < -0.3 is 34.2 Å². The zero-order valence-corrected chi connectivity index (χ0v) is 15.1. The van der Waals surface area contributed by atoms with E-state index in [0.29, 0.717) is 16.7 Å². The smallest absolute Gasteiger partial charge is 0.405 e. The predicted molar refractivity (Wildman–Crippen MR) is 93.3 cm³/mol. The molecular formula is C18H21NO8. The molecule has 2 heterocycles. The maximum atomic E-state index is 11.4. The first-order valence-corrected chi connectivity index (χ1v) is 8.26. The number of amides is 1. The number of nitrogens with two attached hydrogens (primary N) is 1. The first-order valence-electron chi connectivity index (χ1n) is 8.26. The molecule has 0 saturated carbocycles. The van der Waals surface area contributed by atoms with Crippen LogP contribution in [0.4, 0.5) is 4.79 Å². The van der Waals surface area contributed by atoms with E-state index in [1.165, 1.54) is 19.2 Å². The first kappa shape index (κ1) is 19.2. The minimum absolute atomic E-state index is 0.291. The summed E-state index contributed by atoms with van der Waals surface area (Å²) < 4.78 is 27.1. The van der Waals surface area contributed by atoms with Crippen molar-refractivity contribution in [2.45, 2.75) is 44.1 Å². The number of hydrogen-bond donors (Lipinski definition) is 2. The third kappa shape index (κ3) is 3.90. The maximum Gasteiger partial charge on any atom is 0.405 e. The van der Waals surface area contributed by atoms with Crippen LogP contribution in [-0.4, -0.2) is 48.5 Å². The lowest BCUT2D eigenvalue weighted by Crippen LogP contribution is -2.65. The predicted octanol–water partition coefficient (Wildman–Crippen LogP) is 1.15. The van der Waals surface area contributed by atoms with Crippen LogP contribution in [-0.2, 0) is 14.2 Å². The van der Waals surface area contributed by atoms with Crippen molar-refractivity contribution in [3.63, 3.8) is 0 Å².